The van der Waals surface area contributed by atoms with Crippen LogP contribution in [-0.4, -0.2) is 112 Å². The Labute approximate surface area is 508 Å². The molecular formula is C62H128F12N4O4S2. The zero-order valence-corrected chi connectivity index (χ0v) is 59.9. The van der Waals surface area contributed by atoms with Crippen molar-refractivity contribution in [3.63, 3.8) is 0 Å². The quantitative estimate of drug-likeness (QED) is 0.0707. The largest absolute Gasteiger partial charge is 0.404 e. The molecule has 0 aromatic carbocycles. The van der Waals surface area contributed by atoms with Crippen LogP contribution in [0.25, 0.3) is 0 Å². The lowest BCUT2D eigenvalue weighted by molar-refractivity contribution is -0.167. The van der Waals surface area contributed by atoms with E-state index in [2.05, 4.69) is 21.3 Å². The monoisotopic (exact) mass is 1280 g/mol. The van der Waals surface area contributed by atoms with Crippen molar-refractivity contribution in [2.24, 2.45) is 59.2 Å². The summed E-state index contributed by atoms with van der Waals surface area (Å²) in [6.45, 7) is 57.6. The molecule has 0 spiro atoms. The molecule has 4 atom stereocenters. The summed E-state index contributed by atoms with van der Waals surface area (Å²) in [5.74, 6) is 0.985. The van der Waals surface area contributed by atoms with Crippen LogP contribution in [0.2, 0.25) is 0 Å². The van der Waals surface area contributed by atoms with E-state index in [-0.39, 0.29) is 81.8 Å². The second kappa shape index (κ2) is 50.2. The molecule has 0 radical (unpaired) electrons. The van der Waals surface area contributed by atoms with Crippen LogP contribution in [0, 0.1) is 59.2 Å². The average molecular weight is 1290 g/mol. The normalized spacial score (nSPS) is 14.4. The molecule has 0 fully saturated rings. The molecule has 0 aromatic rings. The van der Waals surface area contributed by atoms with Gasteiger partial charge in [0.15, 0.2) is 19.7 Å². The van der Waals surface area contributed by atoms with E-state index in [1.54, 1.807) is 123 Å². The van der Waals surface area contributed by atoms with Crippen molar-refractivity contribution in [2.75, 3.05) is 11.5 Å². The number of halogens is 12. The summed E-state index contributed by atoms with van der Waals surface area (Å²) >= 11 is 0. The maximum Gasteiger partial charge on any atom is 0.404 e. The summed E-state index contributed by atoms with van der Waals surface area (Å²) < 4.78 is 192. The molecule has 22 heteroatoms. The molecule has 0 aromatic heterocycles. The molecule has 0 saturated heterocycles. The average Bonchev–Trinajstić information content (AvgIpc) is 3.24. The van der Waals surface area contributed by atoms with Crippen molar-refractivity contribution < 1.29 is 69.5 Å². The zero-order chi connectivity index (χ0) is 69.5. The molecule has 0 aliphatic carbocycles. The van der Waals surface area contributed by atoms with E-state index < -0.39 is 80.9 Å². The van der Waals surface area contributed by atoms with Gasteiger partial charge in [-0.05, 0) is 75.0 Å². The minimum Gasteiger partial charge on any atom is -0.306 e. The standard InChI is InChI=1S/2C8H16F3N.2C8H17F2N.2C8H15F.2C7H16O2S/c2*1-5(2)7(8(9,10)11)12-6(3)4;2*1-5(2)7(8(9)10)11-6(3)4;2*1-6(2)5-8(9)7(3)4;2*1-6(2)5-10(8,9)7(3)4/h2*5-7,12H,1-4H3;2*5-8,11H,1-4H3;2*5-7H,1-4H3;2*6-7H,5H2,1-4H3/b;;;;2*8-5-;;. The number of nitrogens with one attached hydrogen (secondary N) is 4. The van der Waals surface area contributed by atoms with Gasteiger partial charge in [0, 0.05) is 36.0 Å². The minimum absolute atomic E-state index is 0.00463. The maximum atomic E-state index is 12.6. The fourth-order valence-electron chi connectivity index (χ4n) is 6.27. The highest BCUT2D eigenvalue weighted by Gasteiger charge is 2.42. The Morgan fingerprint density at radius 2 is 0.560 bits per heavy atom. The lowest BCUT2D eigenvalue weighted by atomic mass is 10.0. The third-order valence-corrected chi connectivity index (χ3v) is 15.9. The molecule has 0 aliphatic rings. The van der Waals surface area contributed by atoms with Crippen molar-refractivity contribution in [1.82, 2.24) is 21.3 Å². The third-order valence-electron chi connectivity index (χ3n) is 10.8. The number of hydrogen-bond acceptors (Lipinski definition) is 8. The third kappa shape index (κ3) is 64.8. The number of hydrogen-bond donors (Lipinski definition) is 4. The smallest absolute Gasteiger partial charge is 0.306 e. The molecule has 0 bridgehead atoms. The first-order chi connectivity index (χ1) is 37.2. The summed E-state index contributed by atoms with van der Waals surface area (Å²) in [7, 11) is -5.59. The van der Waals surface area contributed by atoms with Gasteiger partial charge in [0.05, 0.1) is 45.7 Å². The predicted molar refractivity (Wildman–Crippen MR) is 337 cm³/mol. The minimum atomic E-state index is -4.14. The first-order valence-corrected chi connectivity index (χ1v) is 33.5. The lowest BCUT2D eigenvalue weighted by Crippen LogP contribution is -2.48. The Kier molecular flexibility index (Phi) is 58.9. The fourth-order valence-corrected chi connectivity index (χ4v) is 8.89. The van der Waals surface area contributed by atoms with Gasteiger partial charge in [-0.2, -0.15) is 26.3 Å². The van der Waals surface area contributed by atoms with Crippen molar-refractivity contribution >= 4 is 19.7 Å². The van der Waals surface area contributed by atoms with E-state index in [1.165, 1.54) is 0 Å². The molecule has 84 heavy (non-hydrogen) atoms. The SMILES string of the molecule is CC(C)/C=C(\F)C(C)C.CC(C)/C=C(\F)C(C)C.CC(C)CS(=O)(=O)C(C)C.CC(C)CS(=O)(=O)C(C)C.CC(C)NC(C(C)C)C(F)(F)F.CC(C)NC(C(C)C)C(F)(F)F.CC(C)NC(C(C)C)C(F)F.CC(C)NC(C(C)C)C(F)F. The number of rotatable bonds is 24. The maximum absolute atomic E-state index is 12.6. The highest BCUT2D eigenvalue weighted by molar-refractivity contribution is 7.92. The molecule has 0 heterocycles. The number of alkyl halides is 10. The first-order valence-electron chi connectivity index (χ1n) is 30.1. The van der Waals surface area contributed by atoms with Gasteiger partial charge in [0.1, 0.15) is 12.1 Å². The van der Waals surface area contributed by atoms with Crippen molar-refractivity contribution in [3.8, 4) is 0 Å². The Morgan fingerprint density at radius 3 is 0.607 bits per heavy atom. The molecule has 516 valence electrons. The second-order valence-corrected chi connectivity index (χ2v) is 31.7. The van der Waals surface area contributed by atoms with Gasteiger partial charge in [-0.1, -0.05) is 206 Å². The van der Waals surface area contributed by atoms with Gasteiger partial charge >= 0.3 is 12.4 Å². The molecule has 0 aliphatic heterocycles. The van der Waals surface area contributed by atoms with Gasteiger partial charge in [-0.25, -0.2) is 43.2 Å². The highest BCUT2D eigenvalue weighted by Crippen LogP contribution is 2.27. The Bertz CT molecular complexity index is 1670. The lowest BCUT2D eigenvalue weighted by Gasteiger charge is -2.26. The van der Waals surface area contributed by atoms with E-state index in [0.717, 1.165) is 0 Å². The fraction of sp³-hybridized carbons (Fsp3) is 0.935. The van der Waals surface area contributed by atoms with Gasteiger partial charge in [0.25, 0.3) is 12.9 Å². The van der Waals surface area contributed by atoms with Crippen LogP contribution >= 0.6 is 0 Å². The summed E-state index contributed by atoms with van der Waals surface area (Å²) in [5.41, 5.74) is 0. The van der Waals surface area contributed by atoms with Crippen LogP contribution in [0.4, 0.5) is 52.7 Å². The van der Waals surface area contributed by atoms with Crippen molar-refractivity contribution in [2.45, 2.75) is 306 Å². The second-order valence-electron chi connectivity index (χ2n) is 26.5. The topological polar surface area (TPSA) is 116 Å². The van der Waals surface area contributed by atoms with Crippen LogP contribution < -0.4 is 21.3 Å². The van der Waals surface area contributed by atoms with Crippen LogP contribution in [0.15, 0.2) is 23.8 Å². The Hall–Kier alpha value is -1.62. The number of sulfone groups is 2. The molecule has 0 rings (SSSR count). The molecule has 4 N–H and O–H groups in total. The first kappa shape index (κ1) is 98.6. The summed E-state index contributed by atoms with van der Waals surface area (Å²) in [5, 5.41) is 10.2. The zero-order valence-electron chi connectivity index (χ0n) is 58.3. The summed E-state index contributed by atoms with van der Waals surface area (Å²) in [6.07, 6.45) is -9.50. The van der Waals surface area contributed by atoms with Gasteiger partial charge < -0.3 is 21.3 Å². The predicted octanol–water partition coefficient (Wildman–Crippen LogP) is 18.9. The van der Waals surface area contributed by atoms with Crippen LogP contribution in [0.5, 0.6) is 0 Å². The summed E-state index contributed by atoms with van der Waals surface area (Å²) in [6, 6.07) is -4.16. The molecule has 8 nitrogen and oxygen atoms in total. The summed E-state index contributed by atoms with van der Waals surface area (Å²) in [4.78, 5) is 0. The van der Waals surface area contributed by atoms with Crippen LogP contribution in [0.1, 0.15) is 222 Å². The van der Waals surface area contributed by atoms with Gasteiger partial charge in [-0.15, -0.1) is 0 Å². The molecule has 0 amide bonds. The van der Waals surface area contributed by atoms with Crippen molar-refractivity contribution in [3.05, 3.63) is 23.8 Å². The molecule has 4 unspecified atom stereocenters. The van der Waals surface area contributed by atoms with Crippen LogP contribution in [0.3, 0.4) is 0 Å². The Balaban J connectivity index is -0.000000131. The molecule has 0 saturated carbocycles. The van der Waals surface area contributed by atoms with E-state index in [0.29, 0.717) is 23.3 Å². The van der Waals surface area contributed by atoms with Gasteiger partial charge in [0.2, 0.25) is 0 Å². The van der Waals surface area contributed by atoms with E-state index in [4.69, 9.17) is 0 Å². The van der Waals surface area contributed by atoms with E-state index in [1.807, 2.05) is 111 Å². The number of allylic oxidation sites excluding steroid dienone is 4. The highest BCUT2D eigenvalue weighted by atomic mass is 32.2. The molecular weight excluding hydrogens is 1160 g/mol. The van der Waals surface area contributed by atoms with E-state index in [9.17, 15) is 69.5 Å². The van der Waals surface area contributed by atoms with Crippen LogP contribution in [-0.2, 0) is 19.7 Å². The van der Waals surface area contributed by atoms with Gasteiger partial charge in [-0.3, -0.25) is 0 Å². The Morgan fingerprint density at radius 1 is 0.357 bits per heavy atom. The van der Waals surface area contributed by atoms with Crippen molar-refractivity contribution in [1.29, 1.82) is 0 Å². The van der Waals surface area contributed by atoms with E-state index >= 15 is 0 Å².